The molecule has 0 spiro atoms. The number of nitrogens with one attached hydrogen (secondary N) is 1. The van der Waals surface area contributed by atoms with Gasteiger partial charge in [-0.05, 0) is 40.9 Å². The molecule has 0 unspecified atom stereocenters. The molecule has 6 nitrogen and oxygen atoms in total. The summed E-state index contributed by atoms with van der Waals surface area (Å²) in [5, 5.41) is 6.07. The highest BCUT2D eigenvalue weighted by Crippen LogP contribution is 2.19. The van der Waals surface area contributed by atoms with E-state index in [0.29, 0.717) is 21.9 Å². The zero-order chi connectivity index (χ0) is 19.1. The standard InChI is InChI=1S/C12H14BrClN2O.C3H7NO2.C2H6/c13-11-7-8(14)6-10(16-11)12(17)15-9-4-2-1-3-5-9;1-6-3-2-4-5;1-2/h6-7,9H,1-5H2,(H,15,17);2-3H2,1H3;1-2H3. The average Bonchev–Trinajstić information content (AvgIpc) is 2.62. The summed E-state index contributed by atoms with van der Waals surface area (Å²) in [5.74, 6) is -0.139. The van der Waals surface area contributed by atoms with E-state index >= 15 is 0 Å². The van der Waals surface area contributed by atoms with Crippen molar-refractivity contribution in [3.05, 3.63) is 32.4 Å². The number of ether oxygens (including phenoxy) is 1. The largest absolute Gasteiger partial charge is 0.383 e. The number of rotatable bonds is 5. The summed E-state index contributed by atoms with van der Waals surface area (Å²) in [5.41, 5.74) is 0.370. The van der Waals surface area contributed by atoms with E-state index in [4.69, 9.17) is 11.6 Å². The average molecular weight is 437 g/mol. The van der Waals surface area contributed by atoms with Gasteiger partial charge in [0.05, 0.1) is 6.61 Å². The van der Waals surface area contributed by atoms with Crippen molar-refractivity contribution in [2.45, 2.75) is 52.0 Å². The summed E-state index contributed by atoms with van der Waals surface area (Å²) >= 11 is 9.12. The lowest BCUT2D eigenvalue weighted by molar-refractivity contribution is 0.0922. The van der Waals surface area contributed by atoms with E-state index in [1.165, 1.54) is 26.4 Å². The Bertz CT molecular complexity index is 492. The van der Waals surface area contributed by atoms with Crippen LogP contribution in [0.5, 0.6) is 0 Å². The summed E-state index contributed by atoms with van der Waals surface area (Å²) in [6.45, 7) is 4.69. The van der Waals surface area contributed by atoms with Gasteiger partial charge in [-0.25, -0.2) is 4.98 Å². The van der Waals surface area contributed by atoms with Crippen molar-refractivity contribution in [2.75, 3.05) is 20.3 Å². The number of pyridine rings is 1. The maximum absolute atomic E-state index is 12.0. The Hall–Kier alpha value is -1.05. The molecular weight excluding hydrogens is 410 g/mol. The number of aromatic nitrogens is 1. The molecule has 0 aromatic carbocycles. The monoisotopic (exact) mass is 435 g/mol. The highest BCUT2D eigenvalue weighted by molar-refractivity contribution is 9.10. The lowest BCUT2D eigenvalue weighted by atomic mass is 9.95. The molecule has 0 atom stereocenters. The number of hydrogen-bond acceptors (Lipinski definition) is 5. The molecule has 1 aliphatic carbocycles. The van der Waals surface area contributed by atoms with Crippen LogP contribution in [0.4, 0.5) is 0 Å². The molecule has 1 amide bonds. The first-order chi connectivity index (χ1) is 12.1. The number of nitroso groups, excluding NO2 is 1. The van der Waals surface area contributed by atoms with Crippen molar-refractivity contribution in [3.63, 3.8) is 0 Å². The van der Waals surface area contributed by atoms with Gasteiger partial charge in [0.2, 0.25) is 0 Å². The van der Waals surface area contributed by atoms with Crippen LogP contribution in [0.25, 0.3) is 0 Å². The summed E-state index contributed by atoms with van der Waals surface area (Å²) in [6, 6.07) is 3.54. The highest BCUT2D eigenvalue weighted by atomic mass is 79.9. The first-order valence-electron chi connectivity index (χ1n) is 8.48. The van der Waals surface area contributed by atoms with Crippen LogP contribution >= 0.6 is 27.5 Å². The first-order valence-corrected chi connectivity index (χ1v) is 9.66. The second-order valence-corrected chi connectivity index (χ2v) is 6.40. The molecule has 1 aliphatic rings. The van der Waals surface area contributed by atoms with Crippen molar-refractivity contribution in [2.24, 2.45) is 5.18 Å². The molecule has 25 heavy (non-hydrogen) atoms. The molecule has 1 saturated carbocycles. The quantitative estimate of drug-likeness (QED) is 0.401. The van der Waals surface area contributed by atoms with Crippen LogP contribution in [-0.2, 0) is 4.74 Å². The second-order valence-electron chi connectivity index (χ2n) is 5.15. The topological polar surface area (TPSA) is 80.6 Å². The van der Waals surface area contributed by atoms with Crippen LogP contribution in [0.2, 0.25) is 5.02 Å². The molecule has 0 aliphatic heterocycles. The molecule has 0 saturated heterocycles. The van der Waals surface area contributed by atoms with Crippen LogP contribution < -0.4 is 5.32 Å². The van der Waals surface area contributed by atoms with Gasteiger partial charge in [0, 0.05) is 18.2 Å². The zero-order valence-electron chi connectivity index (χ0n) is 15.1. The number of carbonyl (C=O) groups is 1. The molecule has 1 aromatic rings. The smallest absolute Gasteiger partial charge is 0.270 e. The Kier molecular flexibility index (Phi) is 14.6. The highest BCUT2D eigenvalue weighted by Gasteiger charge is 2.17. The van der Waals surface area contributed by atoms with Crippen LogP contribution in [0.3, 0.4) is 0 Å². The third kappa shape index (κ3) is 11.2. The minimum Gasteiger partial charge on any atom is -0.383 e. The minimum atomic E-state index is -0.139. The predicted octanol–water partition coefficient (Wildman–Crippen LogP) is 4.99. The third-order valence-corrected chi connectivity index (χ3v) is 3.94. The Morgan fingerprint density at radius 3 is 2.48 bits per heavy atom. The van der Waals surface area contributed by atoms with Crippen molar-refractivity contribution in [1.29, 1.82) is 0 Å². The van der Waals surface area contributed by atoms with Crippen LogP contribution in [0.1, 0.15) is 56.4 Å². The number of hydrogen-bond donors (Lipinski definition) is 1. The molecule has 8 heteroatoms. The molecule has 142 valence electrons. The maximum Gasteiger partial charge on any atom is 0.270 e. The number of carbonyl (C=O) groups excluding carboxylic acids is 1. The van der Waals surface area contributed by atoms with Crippen molar-refractivity contribution >= 4 is 33.4 Å². The van der Waals surface area contributed by atoms with Crippen molar-refractivity contribution in [3.8, 4) is 0 Å². The van der Waals surface area contributed by atoms with Gasteiger partial charge in [-0.3, -0.25) is 4.79 Å². The molecular formula is C17H27BrClN3O3. The van der Waals surface area contributed by atoms with Gasteiger partial charge >= 0.3 is 0 Å². The van der Waals surface area contributed by atoms with E-state index in [0.717, 1.165) is 12.8 Å². The molecule has 1 fully saturated rings. The van der Waals surface area contributed by atoms with Gasteiger partial charge in [-0.15, -0.1) is 0 Å². The van der Waals surface area contributed by atoms with E-state index in [9.17, 15) is 9.70 Å². The van der Waals surface area contributed by atoms with Gasteiger partial charge in [-0.1, -0.05) is 49.9 Å². The first kappa shape index (κ1) is 23.9. The Morgan fingerprint density at radius 2 is 2.00 bits per heavy atom. The lowest BCUT2D eigenvalue weighted by Crippen LogP contribution is -2.36. The second kappa shape index (κ2) is 15.2. The number of methoxy groups -OCH3 is 1. The van der Waals surface area contributed by atoms with Crippen LogP contribution in [0.15, 0.2) is 21.9 Å². The number of nitrogens with zero attached hydrogens (tertiary/aromatic N) is 2. The fourth-order valence-corrected chi connectivity index (χ4v) is 2.99. The predicted molar refractivity (Wildman–Crippen MR) is 105 cm³/mol. The number of halogens is 2. The minimum absolute atomic E-state index is 0.139. The van der Waals surface area contributed by atoms with E-state index < -0.39 is 0 Å². The normalized spacial score (nSPS) is 13.6. The molecule has 2 rings (SSSR count). The van der Waals surface area contributed by atoms with Gasteiger partial charge in [-0.2, -0.15) is 4.91 Å². The third-order valence-electron chi connectivity index (χ3n) is 3.32. The Balaban J connectivity index is 0.000000614. The molecule has 0 radical (unpaired) electrons. The van der Waals surface area contributed by atoms with E-state index in [-0.39, 0.29) is 18.5 Å². The van der Waals surface area contributed by atoms with Gasteiger partial charge in [0.1, 0.15) is 16.8 Å². The van der Waals surface area contributed by atoms with E-state index in [1.807, 2.05) is 13.8 Å². The van der Waals surface area contributed by atoms with Gasteiger partial charge in [0.25, 0.3) is 5.91 Å². The summed E-state index contributed by atoms with van der Waals surface area (Å²) in [6.07, 6.45) is 5.78. The van der Waals surface area contributed by atoms with Gasteiger partial charge in [0.15, 0.2) is 0 Å². The zero-order valence-corrected chi connectivity index (χ0v) is 17.4. The Morgan fingerprint density at radius 1 is 1.36 bits per heavy atom. The summed E-state index contributed by atoms with van der Waals surface area (Å²) < 4.78 is 5.07. The molecule has 1 N–H and O–H groups in total. The SMILES string of the molecule is CC.COCCN=O.O=C(NC1CCCCC1)c1cc(Cl)cc(Br)n1. The Labute approximate surface area is 163 Å². The fraction of sp³-hybridized carbons (Fsp3) is 0.647. The maximum atomic E-state index is 12.0. The van der Waals surface area contributed by atoms with Gasteiger partial charge < -0.3 is 10.1 Å². The van der Waals surface area contributed by atoms with E-state index in [1.54, 1.807) is 12.1 Å². The fourth-order valence-electron chi connectivity index (χ4n) is 2.22. The summed E-state index contributed by atoms with van der Waals surface area (Å²) in [4.78, 5) is 25.3. The van der Waals surface area contributed by atoms with Crippen LogP contribution in [0, 0.1) is 4.91 Å². The summed E-state index contributed by atoms with van der Waals surface area (Å²) in [7, 11) is 1.53. The van der Waals surface area contributed by atoms with Crippen molar-refractivity contribution < 1.29 is 9.53 Å². The van der Waals surface area contributed by atoms with E-state index in [2.05, 4.69) is 36.1 Å². The lowest BCUT2D eigenvalue weighted by Gasteiger charge is -2.22. The molecule has 0 bridgehead atoms. The molecule has 1 heterocycles. The van der Waals surface area contributed by atoms with Crippen LogP contribution in [-0.4, -0.2) is 37.2 Å². The number of amides is 1. The molecule has 1 aromatic heterocycles. The van der Waals surface area contributed by atoms with Crippen molar-refractivity contribution in [1.82, 2.24) is 10.3 Å².